The van der Waals surface area contributed by atoms with E-state index in [1.54, 1.807) is 0 Å². The molecule has 4 heteroatoms. The van der Waals surface area contributed by atoms with Gasteiger partial charge >= 0.3 is 0 Å². The van der Waals surface area contributed by atoms with Crippen molar-refractivity contribution in [2.45, 2.75) is 26.3 Å². The summed E-state index contributed by atoms with van der Waals surface area (Å²) >= 11 is 0. The standard InChI is InChI=1S/C27H32N2O2/c1-3-21(2)27(29-18-16-28-17-19-29)22-14-15-25(30-23-10-6-4-7-11-23)26(20-22)31-24-12-8-5-9-13-24/h4-15,20-21,27-28H,3,16-19H2,1-2H3/t21?,27-/m0/s1. The highest BCUT2D eigenvalue weighted by molar-refractivity contribution is 5.48. The molecule has 31 heavy (non-hydrogen) atoms. The van der Waals surface area contributed by atoms with Crippen LogP contribution in [0.5, 0.6) is 23.0 Å². The molecule has 1 fully saturated rings. The Morgan fingerprint density at radius 3 is 1.97 bits per heavy atom. The summed E-state index contributed by atoms with van der Waals surface area (Å²) in [5.41, 5.74) is 1.28. The van der Waals surface area contributed by atoms with Gasteiger partial charge in [-0.2, -0.15) is 0 Å². The van der Waals surface area contributed by atoms with Crippen LogP contribution in [0.25, 0.3) is 0 Å². The van der Waals surface area contributed by atoms with E-state index in [1.165, 1.54) is 5.56 Å². The Hall–Kier alpha value is -2.82. The lowest BCUT2D eigenvalue weighted by molar-refractivity contribution is 0.128. The maximum absolute atomic E-state index is 6.32. The zero-order chi connectivity index (χ0) is 21.5. The molecule has 1 aliphatic heterocycles. The fourth-order valence-corrected chi connectivity index (χ4v) is 4.19. The van der Waals surface area contributed by atoms with Crippen molar-refractivity contribution < 1.29 is 9.47 Å². The van der Waals surface area contributed by atoms with Gasteiger partial charge in [-0.05, 0) is 47.9 Å². The van der Waals surface area contributed by atoms with E-state index in [0.717, 1.165) is 55.6 Å². The topological polar surface area (TPSA) is 33.7 Å². The second-order valence-electron chi connectivity index (χ2n) is 8.15. The van der Waals surface area contributed by atoms with Crippen LogP contribution in [-0.4, -0.2) is 31.1 Å². The molecule has 1 N–H and O–H groups in total. The van der Waals surface area contributed by atoms with Crippen LogP contribution in [-0.2, 0) is 0 Å². The van der Waals surface area contributed by atoms with Crippen molar-refractivity contribution >= 4 is 0 Å². The zero-order valence-corrected chi connectivity index (χ0v) is 18.5. The highest BCUT2D eigenvalue weighted by Crippen LogP contribution is 2.40. The number of piperazine rings is 1. The molecule has 0 bridgehead atoms. The molecule has 0 saturated carbocycles. The van der Waals surface area contributed by atoms with Gasteiger partial charge < -0.3 is 14.8 Å². The summed E-state index contributed by atoms with van der Waals surface area (Å²) < 4.78 is 12.5. The van der Waals surface area contributed by atoms with Crippen molar-refractivity contribution in [1.29, 1.82) is 0 Å². The van der Waals surface area contributed by atoms with Crippen LogP contribution >= 0.6 is 0 Å². The molecule has 1 saturated heterocycles. The van der Waals surface area contributed by atoms with Gasteiger partial charge in [0.25, 0.3) is 0 Å². The van der Waals surface area contributed by atoms with E-state index < -0.39 is 0 Å². The molecule has 3 aromatic rings. The van der Waals surface area contributed by atoms with Crippen LogP contribution in [0.4, 0.5) is 0 Å². The summed E-state index contributed by atoms with van der Waals surface area (Å²) in [7, 11) is 0. The Morgan fingerprint density at radius 1 is 0.806 bits per heavy atom. The molecule has 1 heterocycles. The summed E-state index contributed by atoms with van der Waals surface area (Å²) in [6.45, 7) is 8.82. The van der Waals surface area contributed by atoms with Crippen molar-refractivity contribution in [3.63, 3.8) is 0 Å². The third-order valence-electron chi connectivity index (χ3n) is 5.98. The van der Waals surface area contributed by atoms with Crippen LogP contribution in [0, 0.1) is 5.92 Å². The molecule has 0 amide bonds. The van der Waals surface area contributed by atoms with Crippen LogP contribution in [0.15, 0.2) is 78.9 Å². The number of hydrogen-bond donors (Lipinski definition) is 1. The van der Waals surface area contributed by atoms with Gasteiger partial charge in [0.05, 0.1) is 0 Å². The van der Waals surface area contributed by atoms with Gasteiger partial charge in [0, 0.05) is 32.2 Å². The number of benzene rings is 3. The van der Waals surface area contributed by atoms with Gasteiger partial charge in [-0.15, -0.1) is 0 Å². The number of rotatable bonds is 8. The SMILES string of the molecule is CCC(C)[C@@H](c1ccc(Oc2ccccc2)c(Oc2ccccc2)c1)N1CCNCC1. The Bertz CT molecular complexity index is 940. The Labute approximate surface area is 185 Å². The molecule has 162 valence electrons. The fourth-order valence-electron chi connectivity index (χ4n) is 4.19. The number of hydrogen-bond acceptors (Lipinski definition) is 4. The van der Waals surface area contributed by atoms with Gasteiger partial charge in [-0.1, -0.05) is 62.7 Å². The minimum Gasteiger partial charge on any atom is -0.453 e. The molecule has 0 radical (unpaired) electrons. The Morgan fingerprint density at radius 2 is 1.39 bits per heavy atom. The van der Waals surface area contributed by atoms with Gasteiger partial charge in [0.2, 0.25) is 0 Å². The lowest BCUT2D eigenvalue weighted by Gasteiger charge is -2.38. The molecule has 2 atom stereocenters. The van der Waals surface area contributed by atoms with E-state index in [2.05, 4.69) is 42.3 Å². The maximum Gasteiger partial charge on any atom is 0.170 e. The summed E-state index contributed by atoms with van der Waals surface area (Å²) in [6.07, 6.45) is 1.13. The Balaban J connectivity index is 1.69. The third kappa shape index (κ3) is 5.46. The molecule has 0 spiro atoms. The lowest BCUT2D eigenvalue weighted by Crippen LogP contribution is -2.46. The largest absolute Gasteiger partial charge is 0.453 e. The average Bonchev–Trinajstić information content (AvgIpc) is 2.83. The number of nitrogens with zero attached hydrogens (tertiary/aromatic N) is 1. The van der Waals surface area contributed by atoms with Crippen molar-refractivity contribution in [3.8, 4) is 23.0 Å². The normalized spacial score (nSPS) is 16.5. The van der Waals surface area contributed by atoms with Crippen LogP contribution in [0.1, 0.15) is 31.9 Å². The van der Waals surface area contributed by atoms with Gasteiger partial charge in [-0.25, -0.2) is 0 Å². The van der Waals surface area contributed by atoms with E-state index >= 15 is 0 Å². The van der Waals surface area contributed by atoms with Crippen molar-refractivity contribution in [1.82, 2.24) is 10.2 Å². The average molecular weight is 417 g/mol. The fraction of sp³-hybridized carbons (Fsp3) is 0.333. The minimum atomic E-state index is 0.357. The van der Waals surface area contributed by atoms with Crippen molar-refractivity contribution in [2.24, 2.45) is 5.92 Å². The van der Waals surface area contributed by atoms with E-state index in [0.29, 0.717) is 12.0 Å². The quantitative estimate of drug-likeness (QED) is 0.470. The smallest absolute Gasteiger partial charge is 0.170 e. The zero-order valence-electron chi connectivity index (χ0n) is 18.5. The van der Waals surface area contributed by atoms with E-state index in [4.69, 9.17) is 9.47 Å². The number of ether oxygens (including phenoxy) is 2. The second-order valence-corrected chi connectivity index (χ2v) is 8.15. The summed E-state index contributed by atoms with van der Waals surface area (Å²) in [5, 5.41) is 3.47. The minimum absolute atomic E-state index is 0.357. The summed E-state index contributed by atoms with van der Waals surface area (Å²) in [6, 6.07) is 26.6. The van der Waals surface area contributed by atoms with E-state index in [9.17, 15) is 0 Å². The molecule has 0 aromatic heterocycles. The molecule has 1 unspecified atom stereocenters. The van der Waals surface area contributed by atoms with E-state index in [-0.39, 0.29) is 0 Å². The monoisotopic (exact) mass is 416 g/mol. The highest BCUT2D eigenvalue weighted by atomic mass is 16.5. The number of nitrogens with one attached hydrogen (secondary N) is 1. The molecule has 3 aromatic carbocycles. The van der Waals surface area contributed by atoms with Crippen molar-refractivity contribution in [2.75, 3.05) is 26.2 Å². The van der Waals surface area contributed by atoms with Crippen LogP contribution < -0.4 is 14.8 Å². The van der Waals surface area contributed by atoms with Gasteiger partial charge in [0.1, 0.15) is 11.5 Å². The molecule has 4 nitrogen and oxygen atoms in total. The first-order valence-corrected chi connectivity index (χ1v) is 11.3. The van der Waals surface area contributed by atoms with Gasteiger partial charge in [-0.3, -0.25) is 4.90 Å². The van der Waals surface area contributed by atoms with Gasteiger partial charge in [0.15, 0.2) is 11.5 Å². The summed E-state index contributed by atoms with van der Waals surface area (Å²) in [5.74, 6) is 3.62. The van der Waals surface area contributed by atoms with Crippen LogP contribution in [0.2, 0.25) is 0 Å². The second kappa shape index (κ2) is 10.5. The first-order valence-electron chi connectivity index (χ1n) is 11.3. The molecule has 1 aliphatic rings. The maximum atomic E-state index is 6.32. The predicted octanol–water partition coefficient (Wildman–Crippen LogP) is 6.26. The summed E-state index contributed by atoms with van der Waals surface area (Å²) in [4.78, 5) is 2.60. The predicted molar refractivity (Wildman–Crippen MR) is 126 cm³/mol. The van der Waals surface area contributed by atoms with Crippen LogP contribution in [0.3, 0.4) is 0 Å². The highest BCUT2D eigenvalue weighted by Gasteiger charge is 2.27. The third-order valence-corrected chi connectivity index (χ3v) is 5.98. The molecule has 0 aliphatic carbocycles. The molecular weight excluding hydrogens is 384 g/mol. The first kappa shape index (κ1) is 21.4. The Kier molecular flexibility index (Phi) is 7.23. The lowest BCUT2D eigenvalue weighted by atomic mass is 9.90. The number of para-hydroxylation sites is 2. The molecular formula is C27H32N2O2. The van der Waals surface area contributed by atoms with E-state index in [1.807, 2.05) is 60.7 Å². The first-order chi connectivity index (χ1) is 15.2. The molecule has 4 rings (SSSR count). The van der Waals surface area contributed by atoms with Crippen molar-refractivity contribution in [3.05, 3.63) is 84.4 Å².